The van der Waals surface area contributed by atoms with Gasteiger partial charge in [0.2, 0.25) is 5.95 Å². The highest BCUT2D eigenvalue weighted by Crippen LogP contribution is 2.24. The van der Waals surface area contributed by atoms with Gasteiger partial charge < -0.3 is 5.73 Å². The summed E-state index contributed by atoms with van der Waals surface area (Å²) in [5.41, 5.74) is 6.65. The van der Waals surface area contributed by atoms with Crippen LogP contribution >= 0.6 is 11.3 Å². The molecule has 0 aliphatic rings. The molecule has 2 N–H and O–H groups in total. The summed E-state index contributed by atoms with van der Waals surface area (Å²) in [7, 11) is 0. The van der Waals surface area contributed by atoms with Crippen LogP contribution in [0.4, 0.5) is 5.95 Å². The van der Waals surface area contributed by atoms with Crippen LogP contribution in [0.15, 0.2) is 11.7 Å². The van der Waals surface area contributed by atoms with Crippen LogP contribution in [0.2, 0.25) is 0 Å². The Hall–Kier alpha value is -1.43. The SMILES string of the molecule is CC(C)(C)c1csc(Cn2cnc(N)n2)n1. The van der Waals surface area contributed by atoms with Crippen LogP contribution < -0.4 is 5.73 Å². The van der Waals surface area contributed by atoms with Gasteiger partial charge in [-0.2, -0.15) is 0 Å². The van der Waals surface area contributed by atoms with Crippen LogP contribution in [0, 0.1) is 0 Å². The summed E-state index contributed by atoms with van der Waals surface area (Å²) in [6.07, 6.45) is 1.62. The lowest BCUT2D eigenvalue weighted by atomic mass is 9.93. The fraction of sp³-hybridized carbons (Fsp3) is 0.500. The standard InChI is InChI=1S/C10H15N5S/c1-10(2,3)7-5-16-8(13-7)4-15-6-12-9(11)14-15/h5-6H,4H2,1-3H3,(H2,11,14). The second kappa shape index (κ2) is 3.86. The summed E-state index contributed by atoms with van der Waals surface area (Å²) in [4.78, 5) is 8.45. The number of anilines is 1. The number of nitrogen functional groups attached to an aromatic ring is 1. The normalized spacial score (nSPS) is 11.9. The van der Waals surface area contributed by atoms with E-state index in [1.54, 1.807) is 22.3 Å². The molecule has 0 bridgehead atoms. The molecular formula is C10H15N5S. The number of nitrogens with two attached hydrogens (primary N) is 1. The molecule has 16 heavy (non-hydrogen) atoms. The van der Waals surface area contributed by atoms with E-state index in [1.807, 2.05) is 0 Å². The monoisotopic (exact) mass is 237 g/mol. The van der Waals surface area contributed by atoms with Gasteiger partial charge in [-0.05, 0) is 0 Å². The predicted molar refractivity (Wildman–Crippen MR) is 64.4 cm³/mol. The van der Waals surface area contributed by atoms with Crippen molar-refractivity contribution in [2.45, 2.75) is 32.7 Å². The minimum atomic E-state index is 0.0934. The molecule has 0 saturated carbocycles. The first kappa shape index (κ1) is 11.1. The zero-order valence-electron chi connectivity index (χ0n) is 9.64. The van der Waals surface area contributed by atoms with E-state index in [0.29, 0.717) is 12.5 Å². The second-order valence-electron chi connectivity index (χ2n) is 4.68. The average molecular weight is 237 g/mol. The van der Waals surface area contributed by atoms with Crippen LogP contribution in [0.5, 0.6) is 0 Å². The lowest BCUT2D eigenvalue weighted by Crippen LogP contribution is -2.12. The molecule has 0 amide bonds. The van der Waals surface area contributed by atoms with Crippen molar-refractivity contribution < 1.29 is 0 Å². The minimum absolute atomic E-state index is 0.0934. The Balaban J connectivity index is 2.14. The van der Waals surface area contributed by atoms with Crippen molar-refractivity contribution >= 4 is 17.3 Å². The van der Waals surface area contributed by atoms with E-state index in [-0.39, 0.29) is 5.41 Å². The molecule has 0 aliphatic heterocycles. The summed E-state index contributed by atoms with van der Waals surface area (Å²) in [5.74, 6) is 0.299. The van der Waals surface area contributed by atoms with Gasteiger partial charge in [0.1, 0.15) is 11.3 Å². The van der Waals surface area contributed by atoms with Gasteiger partial charge in [-0.25, -0.2) is 14.6 Å². The summed E-state index contributed by atoms with van der Waals surface area (Å²) in [6, 6.07) is 0. The number of hydrogen-bond donors (Lipinski definition) is 1. The number of rotatable bonds is 2. The fourth-order valence-corrected chi connectivity index (χ4v) is 2.26. The summed E-state index contributed by atoms with van der Waals surface area (Å²) in [6.45, 7) is 7.09. The average Bonchev–Trinajstić information content (AvgIpc) is 2.74. The largest absolute Gasteiger partial charge is 0.367 e. The molecule has 0 aliphatic carbocycles. The van der Waals surface area contributed by atoms with Crippen molar-refractivity contribution in [3.63, 3.8) is 0 Å². The molecule has 6 heteroatoms. The van der Waals surface area contributed by atoms with Crippen LogP contribution in [-0.2, 0) is 12.0 Å². The van der Waals surface area contributed by atoms with Crippen LogP contribution in [0.1, 0.15) is 31.5 Å². The second-order valence-corrected chi connectivity index (χ2v) is 5.62. The van der Waals surface area contributed by atoms with Crippen LogP contribution in [0.25, 0.3) is 0 Å². The van der Waals surface area contributed by atoms with Gasteiger partial charge in [0.15, 0.2) is 0 Å². The lowest BCUT2D eigenvalue weighted by molar-refractivity contribution is 0.568. The van der Waals surface area contributed by atoms with E-state index in [0.717, 1.165) is 10.7 Å². The molecule has 0 unspecified atom stereocenters. The maximum atomic E-state index is 5.45. The van der Waals surface area contributed by atoms with E-state index in [4.69, 9.17) is 5.73 Å². The molecule has 0 saturated heterocycles. The molecular weight excluding hydrogens is 222 g/mol. The molecule has 0 radical (unpaired) electrons. The van der Waals surface area contributed by atoms with Gasteiger partial charge in [-0.15, -0.1) is 16.4 Å². The molecule has 2 aromatic heterocycles. The van der Waals surface area contributed by atoms with Crippen molar-refractivity contribution in [2.75, 3.05) is 5.73 Å². The first-order valence-corrected chi connectivity index (χ1v) is 5.93. The first-order chi connectivity index (χ1) is 7.45. The third-order valence-electron chi connectivity index (χ3n) is 2.17. The zero-order valence-corrected chi connectivity index (χ0v) is 10.5. The zero-order chi connectivity index (χ0) is 11.8. The van der Waals surface area contributed by atoms with Crippen molar-refractivity contribution in [1.82, 2.24) is 19.7 Å². The van der Waals surface area contributed by atoms with Gasteiger partial charge in [0.05, 0.1) is 12.2 Å². The van der Waals surface area contributed by atoms with E-state index >= 15 is 0 Å². The summed E-state index contributed by atoms with van der Waals surface area (Å²) >= 11 is 1.64. The van der Waals surface area contributed by atoms with E-state index in [2.05, 4.69) is 41.2 Å². The topological polar surface area (TPSA) is 69.6 Å². The maximum absolute atomic E-state index is 5.45. The van der Waals surface area contributed by atoms with Crippen molar-refractivity contribution in [2.24, 2.45) is 0 Å². The van der Waals surface area contributed by atoms with Gasteiger partial charge in [-0.1, -0.05) is 20.8 Å². The van der Waals surface area contributed by atoms with Crippen LogP contribution in [0.3, 0.4) is 0 Å². The van der Waals surface area contributed by atoms with Gasteiger partial charge in [-0.3, -0.25) is 0 Å². The first-order valence-electron chi connectivity index (χ1n) is 5.05. The Bertz CT molecular complexity index is 479. The van der Waals surface area contributed by atoms with E-state index in [9.17, 15) is 0 Å². The highest BCUT2D eigenvalue weighted by atomic mass is 32.1. The van der Waals surface area contributed by atoms with Crippen LogP contribution in [-0.4, -0.2) is 19.7 Å². The van der Waals surface area contributed by atoms with Gasteiger partial charge in [0.25, 0.3) is 0 Å². The predicted octanol–water partition coefficient (Wildman–Crippen LogP) is 1.66. The van der Waals surface area contributed by atoms with Crippen molar-refractivity contribution in [1.29, 1.82) is 0 Å². The Morgan fingerprint density at radius 2 is 2.19 bits per heavy atom. The Kier molecular flexibility index (Phi) is 2.67. The fourth-order valence-electron chi connectivity index (χ4n) is 1.25. The van der Waals surface area contributed by atoms with Gasteiger partial charge >= 0.3 is 0 Å². The third kappa shape index (κ3) is 2.38. The molecule has 86 valence electrons. The van der Waals surface area contributed by atoms with E-state index < -0.39 is 0 Å². The highest BCUT2D eigenvalue weighted by Gasteiger charge is 2.17. The highest BCUT2D eigenvalue weighted by molar-refractivity contribution is 7.09. The number of nitrogens with zero attached hydrogens (tertiary/aromatic N) is 4. The molecule has 0 aromatic carbocycles. The number of thiazole rings is 1. The van der Waals surface area contributed by atoms with E-state index in [1.165, 1.54) is 0 Å². The molecule has 5 nitrogen and oxygen atoms in total. The summed E-state index contributed by atoms with van der Waals surface area (Å²) < 4.78 is 1.70. The molecule has 0 spiro atoms. The number of hydrogen-bond acceptors (Lipinski definition) is 5. The molecule has 2 rings (SSSR count). The Morgan fingerprint density at radius 3 is 2.69 bits per heavy atom. The van der Waals surface area contributed by atoms with Crippen molar-refractivity contribution in [3.8, 4) is 0 Å². The number of aromatic nitrogens is 4. The van der Waals surface area contributed by atoms with Crippen molar-refractivity contribution in [3.05, 3.63) is 22.4 Å². The molecule has 2 heterocycles. The lowest BCUT2D eigenvalue weighted by Gasteiger charge is -2.14. The molecule has 0 fully saturated rings. The minimum Gasteiger partial charge on any atom is -0.367 e. The third-order valence-corrected chi connectivity index (χ3v) is 3.01. The molecule has 0 atom stereocenters. The quantitative estimate of drug-likeness (QED) is 0.862. The Morgan fingerprint density at radius 1 is 1.44 bits per heavy atom. The summed E-state index contributed by atoms with van der Waals surface area (Å²) in [5, 5.41) is 7.14. The molecule has 2 aromatic rings. The van der Waals surface area contributed by atoms with Gasteiger partial charge in [0, 0.05) is 10.8 Å². The Labute approximate surface area is 98.3 Å². The maximum Gasteiger partial charge on any atom is 0.239 e. The smallest absolute Gasteiger partial charge is 0.239 e.